The second-order valence-electron chi connectivity index (χ2n) is 8.46. The van der Waals surface area contributed by atoms with Crippen molar-refractivity contribution in [3.05, 3.63) is 95.6 Å². The number of aliphatic hydroxyl groups excluding tert-OH is 1. The Labute approximate surface area is 184 Å². The maximum Gasteiger partial charge on any atom is 0.128 e. The molecule has 0 aliphatic carbocycles. The zero-order valence-corrected chi connectivity index (χ0v) is 18.5. The Balaban J connectivity index is 1.57. The van der Waals surface area contributed by atoms with Crippen LogP contribution in [0.4, 0.5) is 4.39 Å². The minimum Gasteiger partial charge on any atom is -0.389 e. The van der Waals surface area contributed by atoms with Gasteiger partial charge in [0.15, 0.2) is 0 Å². The lowest BCUT2D eigenvalue weighted by Crippen LogP contribution is -2.37. The van der Waals surface area contributed by atoms with Crippen LogP contribution in [-0.4, -0.2) is 40.4 Å². The van der Waals surface area contributed by atoms with E-state index in [1.165, 1.54) is 6.07 Å². The Morgan fingerprint density at radius 1 is 0.968 bits per heavy atom. The van der Waals surface area contributed by atoms with Gasteiger partial charge in [-0.25, -0.2) is 4.39 Å². The molecule has 0 fully saturated rings. The van der Waals surface area contributed by atoms with Crippen LogP contribution in [-0.2, 0) is 24.4 Å². The highest BCUT2D eigenvalue weighted by Crippen LogP contribution is 2.14. The van der Waals surface area contributed by atoms with Crippen LogP contribution in [0, 0.1) is 11.7 Å². The summed E-state index contributed by atoms with van der Waals surface area (Å²) in [7, 11) is 0. The summed E-state index contributed by atoms with van der Waals surface area (Å²) in [5, 5.41) is 10.6. The van der Waals surface area contributed by atoms with Crippen molar-refractivity contribution in [3.8, 4) is 0 Å². The molecule has 3 aromatic rings. The standard InChI is InChI=1S/C26H33FN2O2/c1-21(2)15-28(18-25(30)20-31-19-22-9-4-3-5-10-22)17-24-12-8-14-29(24)16-23-11-6-7-13-26(23)27/h3-14,21,25,30H,15-20H2,1-2H3. The number of benzene rings is 2. The molecule has 0 aliphatic heterocycles. The molecule has 0 amide bonds. The number of halogens is 1. The minimum absolute atomic E-state index is 0.188. The Morgan fingerprint density at radius 2 is 1.71 bits per heavy atom. The maximum absolute atomic E-state index is 14.1. The third kappa shape index (κ3) is 7.62. The van der Waals surface area contributed by atoms with Crippen molar-refractivity contribution in [2.75, 3.05) is 19.7 Å². The highest BCUT2D eigenvalue weighted by molar-refractivity contribution is 5.19. The van der Waals surface area contributed by atoms with Crippen molar-refractivity contribution >= 4 is 0 Å². The molecule has 1 aromatic heterocycles. The molecule has 5 heteroatoms. The average Bonchev–Trinajstić information content (AvgIpc) is 3.16. The molecule has 0 saturated carbocycles. The summed E-state index contributed by atoms with van der Waals surface area (Å²) in [6, 6.07) is 20.9. The van der Waals surface area contributed by atoms with Gasteiger partial charge in [-0.2, -0.15) is 0 Å². The number of hydrogen-bond acceptors (Lipinski definition) is 3. The summed E-state index contributed by atoms with van der Waals surface area (Å²) >= 11 is 0. The molecule has 3 rings (SSSR count). The van der Waals surface area contributed by atoms with Gasteiger partial charge in [0.2, 0.25) is 0 Å². The van der Waals surface area contributed by atoms with Gasteiger partial charge in [0.1, 0.15) is 5.82 Å². The maximum atomic E-state index is 14.1. The molecule has 4 nitrogen and oxygen atoms in total. The van der Waals surface area contributed by atoms with Crippen LogP contribution in [0.1, 0.15) is 30.7 Å². The van der Waals surface area contributed by atoms with Gasteiger partial charge in [0.05, 0.1) is 25.9 Å². The van der Waals surface area contributed by atoms with E-state index in [0.717, 1.165) is 17.8 Å². The van der Waals surface area contributed by atoms with Crippen LogP contribution in [0.3, 0.4) is 0 Å². The topological polar surface area (TPSA) is 37.6 Å². The first kappa shape index (κ1) is 23.2. The van der Waals surface area contributed by atoms with Crippen LogP contribution in [0.25, 0.3) is 0 Å². The minimum atomic E-state index is -0.572. The van der Waals surface area contributed by atoms with Crippen LogP contribution in [0.15, 0.2) is 72.9 Å². The van der Waals surface area contributed by atoms with Crippen molar-refractivity contribution in [2.24, 2.45) is 5.92 Å². The van der Waals surface area contributed by atoms with E-state index >= 15 is 0 Å². The van der Waals surface area contributed by atoms with Crippen molar-refractivity contribution in [2.45, 2.75) is 39.6 Å². The smallest absolute Gasteiger partial charge is 0.128 e. The lowest BCUT2D eigenvalue weighted by molar-refractivity contribution is 0.00644. The van der Waals surface area contributed by atoms with Crippen LogP contribution in [0.5, 0.6) is 0 Å². The van der Waals surface area contributed by atoms with Crippen LogP contribution in [0.2, 0.25) is 0 Å². The Bertz CT molecular complexity index is 911. The van der Waals surface area contributed by atoms with E-state index in [-0.39, 0.29) is 5.82 Å². The predicted molar refractivity (Wildman–Crippen MR) is 122 cm³/mol. The van der Waals surface area contributed by atoms with Gasteiger partial charge in [-0.05, 0) is 29.7 Å². The quantitative estimate of drug-likeness (QED) is 0.458. The SMILES string of the molecule is CC(C)CN(Cc1cccn1Cc1ccccc1F)CC(O)COCc1ccccc1. The predicted octanol–water partition coefficient (Wildman–Crippen LogP) is 4.71. The van der Waals surface area contributed by atoms with Gasteiger partial charge in [-0.1, -0.05) is 62.4 Å². The first-order valence-corrected chi connectivity index (χ1v) is 10.9. The fraction of sp³-hybridized carbons (Fsp3) is 0.385. The molecule has 1 N–H and O–H groups in total. The van der Waals surface area contributed by atoms with Crippen molar-refractivity contribution in [1.82, 2.24) is 9.47 Å². The molecule has 0 bridgehead atoms. The molecule has 0 aliphatic rings. The zero-order chi connectivity index (χ0) is 22.1. The Hall–Kier alpha value is -2.47. The van der Waals surface area contributed by atoms with E-state index in [2.05, 4.69) is 29.4 Å². The first-order valence-electron chi connectivity index (χ1n) is 10.9. The fourth-order valence-corrected chi connectivity index (χ4v) is 3.74. The molecule has 0 radical (unpaired) electrons. The summed E-state index contributed by atoms with van der Waals surface area (Å²) in [4.78, 5) is 2.24. The average molecular weight is 425 g/mol. The number of nitrogens with zero attached hydrogens (tertiary/aromatic N) is 2. The van der Waals surface area contributed by atoms with Crippen molar-refractivity contribution in [3.63, 3.8) is 0 Å². The number of aliphatic hydroxyl groups is 1. The van der Waals surface area contributed by atoms with E-state index in [0.29, 0.717) is 44.3 Å². The van der Waals surface area contributed by atoms with E-state index in [1.54, 1.807) is 6.07 Å². The second-order valence-corrected chi connectivity index (χ2v) is 8.46. The third-order valence-electron chi connectivity index (χ3n) is 5.12. The Morgan fingerprint density at radius 3 is 2.45 bits per heavy atom. The molecule has 31 heavy (non-hydrogen) atoms. The molecule has 2 aromatic carbocycles. The van der Waals surface area contributed by atoms with Crippen LogP contribution < -0.4 is 0 Å². The number of rotatable bonds is 12. The second kappa shape index (κ2) is 11.8. The number of ether oxygens (including phenoxy) is 1. The summed E-state index contributed by atoms with van der Waals surface area (Å²) in [5.74, 6) is 0.277. The Kier molecular flexibility index (Phi) is 8.83. The van der Waals surface area contributed by atoms with Crippen LogP contribution >= 0.6 is 0 Å². The highest BCUT2D eigenvalue weighted by Gasteiger charge is 2.16. The molecular weight excluding hydrogens is 391 g/mol. The van der Waals surface area contributed by atoms with Gasteiger partial charge in [0.25, 0.3) is 0 Å². The van der Waals surface area contributed by atoms with Crippen molar-refractivity contribution < 1.29 is 14.2 Å². The molecule has 0 saturated heterocycles. The van der Waals surface area contributed by atoms with E-state index in [9.17, 15) is 9.50 Å². The van der Waals surface area contributed by atoms with E-state index in [4.69, 9.17) is 4.74 Å². The highest BCUT2D eigenvalue weighted by atomic mass is 19.1. The van der Waals surface area contributed by atoms with Gasteiger partial charge in [0, 0.05) is 37.1 Å². The summed E-state index contributed by atoms with van der Waals surface area (Å²) in [6.45, 7) is 7.70. The molecule has 1 heterocycles. The largest absolute Gasteiger partial charge is 0.389 e. The molecule has 0 spiro atoms. The molecule has 1 unspecified atom stereocenters. The molecular formula is C26H33FN2O2. The zero-order valence-electron chi connectivity index (χ0n) is 18.5. The normalized spacial score (nSPS) is 12.6. The number of aromatic nitrogens is 1. The lowest BCUT2D eigenvalue weighted by atomic mass is 10.2. The first-order chi connectivity index (χ1) is 15.0. The monoisotopic (exact) mass is 424 g/mol. The van der Waals surface area contributed by atoms with Gasteiger partial charge < -0.3 is 14.4 Å². The number of hydrogen-bond donors (Lipinski definition) is 1. The summed E-state index contributed by atoms with van der Waals surface area (Å²) < 4.78 is 21.9. The molecule has 166 valence electrons. The van der Waals surface area contributed by atoms with Gasteiger partial charge in [-0.15, -0.1) is 0 Å². The van der Waals surface area contributed by atoms with E-state index in [1.807, 2.05) is 54.7 Å². The van der Waals surface area contributed by atoms with E-state index < -0.39 is 6.10 Å². The summed E-state index contributed by atoms with van der Waals surface area (Å²) in [5.41, 5.74) is 2.87. The molecule has 1 atom stereocenters. The van der Waals surface area contributed by atoms with Crippen molar-refractivity contribution in [1.29, 1.82) is 0 Å². The summed E-state index contributed by atoms with van der Waals surface area (Å²) in [6.07, 6.45) is 1.41. The van der Waals surface area contributed by atoms with Gasteiger partial charge in [-0.3, -0.25) is 4.90 Å². The lowest BCUT2D eigenvalue weighted by Gasteiger charge is -2.27. The fourth-order valence-electron chi connectivity index (χ4n) is 3.74. The van der Waals surface area contributed by atoms with Gasteiger partial charge >= 0.3 is 0 Å². The third-order valence-corrected chi connectivity index (χ3v) is 5.12.